The molecule has 0 aliphatic rings. The summed E-state index contributed by atoms with van der Waals surface area (Å²) in [5, 5.41) is 6.83. The van der Waals surface area contributed by atoms with Crippen molar-refractivity contribution in [2.45, 2.75) is 6.42 Å². The van der Waals surface area contributed by atoms with E-state index in [2.05, 4.69) is 43.8 Å². The summed E-state index contributed by atoms with van der Waals surface area (Å²) in [5.41, 5.74) is 2.89. The van der Waals surface area contributed by atoms with Crippen molar-refractivity contribution in [3.05, 3.63) is 58.8 Å². The molecule has 2 aromatic heterocycles. The Morgan fingerprint density at radius 3 is 2.91 bits per heavy atom. The molecule has 0 aliphatic carbocycles. The minimum atomic E-state index is -0.213. The molecule has 0 saturated carbocycles. The number of carbonyl (C=O) groups excluding carboxylic acids is 1. The van der Waals surface area contributed by atoms with E-state index in [9.17, 15) is 4.79 Å². The molecule has 118 valence electrons. The lowest BCUT2D eigenvalue weighted by molar-refractivity contribution is 0.252. The van der Waals surface area contributed by atoms with E-state index in [-0.39, 0.29) is 6.03 Å². The third kappa shape index (κ3) is 3.53. The molecular weight excluding hydrogens is 356 g/mol. The zero-order valence-electron chi connectivity index (χ0n) is 12.7. The molecule has 0 saturated heterocycles. The molecule has 0 bridgehead atoms. The van der Waals surface area contributed by atoms with Crippen molar-refractivity contribution in [1.82, 2.24) is 14.9 Å². The molecule has 5 nitrogen and oxygen atoms in total. The monoisotopic (exact) mass is 372 g/mol. The van der Waals surface area contributed by atoms with Crippen molar-refractivity contribution in [3.8, 4) is 0 Å². The lowest BCUT2D eigenvalue weighted by Gasteiger charge is -2.08. The molecule has 0 aliphatic heterocycles. The first-order valence-corrected chi connectivity index (χ1v) is 8.13. The zero-order valence-corrected chi connectivity index (χ0v) is 14.3. The molecule has 0 spiro atoms. The summed E-state index contributed by atoms with van der Waals surface area (Å²) in [7, 11) is 1.98. The first-order chi connectivity index (χ1) is 11.1. The van der Waals surface area contributed by atoms with Gasteiger partial charge in [0.15, 0.2) is 0 Å². The molecule has 3 aromatic rings. The Bertz CT molecular complexity index is 843. The van der Waals surface area contributed by atoms with Crippen molar-refractivity contribution in [1.29, 1.82) is 0 Å². The highest BCUT2D eigenvalue weighted by Gasteiger charge is 2.08. The van der Waals surface area contributed by atoms with Crippen LogP contribution in [0.15, 0.2) is 53.3 Å². The normalized spacial score (nSPS) is 10.7. The van der Waals surface area contributed by atoms with Gasteiger partial charge in [-0.1, -0.05) is 12.1 Å². The second-order valence-electron chi connectivity index (χ2n) is 5.25. The molecule has 2 N–H and O–H groups in total. The average molecular weight is 373 g/mol. The summed E-state index contributed by atoms with van der Waals surface area (Å²) < 4.78 is 2.86. The maximum atomic E-state index is 12.0. The minimum Gasteiger partial charge on any atom is -0.338 e. The Morgan fingerprint density at radius 2 is 2.09 bits per heavy atom. The number of anilines is 1. The number of fused-ring (bicyclic) bond motifs is 1. The van der Waals surface area contributed by atoms with Crippen LogP contribution in [0.1, 0.15) is 5.56 Å². The van der Waals surface area contributed by atoms with E-state index < -0.39 is 0 Å². The van der Waals surface area contributed by atoms with Crippen molar-refractivity contribution in [3.63, 3.8) is 0 Å². The summed E-state index contributed by atoms with van der Waals surface area (Å²) in [6.07, 6.45) is 4.60. The van der Waals surface area contributed by atoms with E-state index >= 15 is 0 Å². The molecule has 0 fully saturated rings. The van der Waals surface area contributed by atoms with Gasteiger partial charge in [0, 0.05) is 35.8 Å². The largest absolute Gasteiger partial charge is 0.338 e. The first-order valence-electron chi connectivity index (χ1n) is 7.33. The second-order valence-corrected chi connectivity index (χ2v) is 6.10. The molecule has 0 atom stereocenters. The SMILES string of the molecule is Cn1cc(CCNC(=O)Nc2ccccc2Br)c2cccnc21. The van der Waals surface area contributed by atoms with Crippen LogP contribution in [0.25, 0.3) is 11.0 Å². The van der Waals surface area contributed by atoms with Gasteiger partial charge in [0.2, 0.25) is 0 Å². The maximum absolute atomic E-state index is 12.0. The summed E-state index contributed by atoms with van der Waals surface area (Å²) >= 11 is 3.41. The van der Waals surface area contributed by atoms with Gasteiger partial charge in [-0.25, -0.2) is 9.78 Å². The molecule has 6 heteroatoms. The number of urea groups is 1. The van der Waals surface area contributed by atoms with Gasteiger partial charge in [0.1, 0.15) is 5.65 Å². The van der Waals surface area contributed by atoms with Gasteiger partial charge in [-0.2, -0.15) is 0 Å². The van der Waals surface area contributed by atoms with Gasteiger partial charge in [-0.15, -0.1) is 0 Å². The number of para-hydroxylation sites is 1. The number of hydrogen-bond acceptors (Lipinski definition) is 2. The Balaban J connectivity index is 1.58. The van der Waals surface area contributed by atoms with Gasteiger partial charge in [-0.05, 0) is 52.2 Å². The Labute approximate surface area is 142 Å². The highest BCUT2D eigenvalue weighted by molar-refractivity contribution is 9.10. The molecule has 23 heavy (non-hydrogen) atoms. The number of halogens is 1. The fourth-order valence-corrected chi connectivity index (χ4v) is 2.92. The van der Waals surface area contributed by atoms with Gasteiger partial charge in [0.25, 0.3) is 0 Å². The zero-order chi connectivity index (χ0) is 16.2. The van der Waals surface area contributed by atoms with Gasteiger partial charge in [0.05, 0.1) is 5.69 Å². The Kier molecular flexibility index (Phi) is 4.62. The molecular formula is C17H17BrN4O. The van der Waals surface area contributed by atoms with Crippen molar-refractivity contribution in [2.75, 3.05) is 11.9 Å². The van der Waals surface area contributed by atoms with E-state index in [0.29, 0.717) is 6.54 Å². The van der Waals surface area contributed by atoms with Crippen molar-refractivity contribution in [2.24, 2.45) is 7.05 Å². The highest BCUT2D eigenvalue weighted by Crippen LogP contribution is 2.21. The highest BCUT2D eigenvalue weighted by atomic mass is 79.9. The number of pyridine rings is 1. The fourth-order valence-electron chi connectivity index (χ4n) is 2.53. The quantitative estimate of drug-likeness (QED) is 0.733. The minimum absolute atomic E-state index is 0.213. The smallest absolute Gasteiger partial charge is 0.319 e. The number of rotatable bonds is 4. The number of aromatic nitrogens is 2. The van der Waals surface area contributed by atoms with Crippen molar-refractivity contribution < 1.29 is 4.79 Å². The lowest BCUT2D eigenvalue weighted by Crippen LogP contribution is -2.30. The van der Waals surface area contributed by atoms with E-state index in [1.807, 2.05) is 41.9 Å². The van der Waals surface area contributed by atoms with Gasteiger partial charge in [-0.3, -0.25) is 0 Å². The summed E-state index contributed by atoms with van der Waals surface area (Å²) in [4.78, 5) is 16.3. The van der Waals surface area contributed by atoms with Crippen LogP contribution in [0.2, 0.25) is 0 Å². The van der Waals surface area contributed by atoms with E-state index in [0.717, 1.165) is 27.6 Å². The summed E-state index contributed by atoms with van der Waals surface area (Å²) in [6.45, 7) is 0.560. The number of carbonyl (C=O) groups is 1. The third-order valence-corrected chi connectivity index (χ3v) is 4.31. The number of benzene rings is 1. The number of nitrogens with one attached hydrogen (secondary N) is 2. The van der Waals surface area contributed by atoms with Crippen LogP contribution < -0.4 is 10.6 Å². The second kappa shape index (κ2) is 6.83. The number of nitrogens with zero attached hydrogens (tertiary/aromatic N) is 2. The predicted octanol–water partition coefficient (Wildman–Crippen LogP) is 3.70. The maximum Gasteiger partial charge on any atom is 0.319 e. The number of aryl methyl sites for hydroxylation is 1. The molecule has 2 amide bonds. The van der Waals surface area contributed by atoms with Gasteiger partial charge < -0.3 is 15.2 Å². The van der Waals surface area contributed by atoms with E-state index in [4.69, 9.17) is 0 Å². The lowest BCUT2D eigenvalue weighted by atomic mass is 10.1. The third-order valence-electron chi connectivity index (χ3n) is 3.62. The molecule has 0 radical (unpaired) electrons. The summed E-state index contributed by atoms with van der Waals surface area (Å²) in [6, 6.07) is 11.3. The standard InChI is InChI=1S/C17H17BrN4O/c1-22-11-12(13-5-4-9-19-16(13)22)8-10-20-17(23)21-15-7-3-2-6-14(15)18/h2-7,9,11H,8,10H2,1H3,(H2,20,21,23). The van der Waals surface area contributed by atoms with Crippen LogP contribution in [0, 0.1) is 0 Å². The molecule has 2 heterocycles. The molecule has 1 aromatic carbocycles. The Hall–Kier alpha value is -2.34. The van der Waals surface area contributed by atoms with E-state index in [1.54, 1.807) is 6.20 Å². The average Bonchev–Trinajstić information content (AvgIpc) is 2.87. The van der Waals surface area contributed by atoms with Crippen LogP contribution in [0.3, 0.4) is 0 Å². The predicted molar refractivity (Wildman–Crippen MR) is 95.6 cm³/mol. The van der Waals surface area contributed by atoms with Gasteiger partial charge >= 0.3 is 6.03 Å². The van der Waals surface area contributed by atoms with E-state index in [1.165, 1.54) is 5.56 Å². The number of amides is 2. The van der Waals surface area contributed by atoms with Crippen LogP contribution in [0.4, 0.5) is 10.5 Å². The molecule has 0 unspecified atom stereocenters. The van der Waals surface area contributed by atoms with Crippen LogP contribution in [-0.4, -0.2) is 22.1 Å². The van der Waals surface area contributed by atoms with Crippen LogP contribution in [-0.2, 0) is 13.5 Å². The summed E-state index contributed by atoms with van der Waals surface area (Å²) in [5.74, 6) is 0. The van der Waals surface area contributed by atoms with Crippen LogP contribution in [0.5, 0.6) is 0 Å². The number of hydrogen-bond donors (Lipinski definition) is 2. The molecule has 3 rings (SSSR count). The van der Waals surface area contributed by atoms with Crippen LogP contribution >= 0.6 is 15.9 Å². The van der Waals surface area contributed by atoms with Crippen molar-refractivity contribution >= 4 is 38.7 Å². The Morgan fingerprint density at radius 1 is 1.26 bits per heavy atom. The first kappa shape index (κ1) is 15.6. The topological polar surface area (TPSA) is 59.0 Å². The fraction of sp³-hybridized carbons (Fsp3) is 0.176.